The molecule has 8 nitrogen and oxygen atoms in total. The summed E-state index contributed by atoms with van der Waals surface area (Å²) >= 11 is 0. The van der Waals surface area contributed by atoms with Crippen LogP contribution in [0.3, 0.4) is 0 Å². The Labute approximate surface area is 144 Å². The summed E-state index contributed by atoms with van der Waals surface area (Å²) in [5, 5.41) is 14.0. The van der Waals surface area contributed by atoms with E-state index in [1.807, 2.05) is 0 Å². The zero-order chi connectivity index (χ0) is 17.8. The second kappa shape index (κ2) is 7.42. The maximum Gasteiger partial charge on any atom is 0.270 e. The van der Waals surface area contributed by atoms with Crippen LogP contribution in [0, 0.1) is 10.1 Å². The predicted molar refractivity (Wildman–Crippen MR) is 92.3 cm³/mol. The van der Waals surface area contributed by atoms with Crippen molar-refractivity contribution in [3.8, 4) is 0 Å². The fourth-order valence-electron chi connectivity index (χ4n) is 3.22. The number of benzene rings is 1. The van der Waals surface area contributed by atoms with Crippen molar-refractivity contribution in [1.82, 2.24) is 14.9 Å². The smallest absolute Gasteiger partial charge is 0.270 e. The van der Waals surface area contributed by atoms with Crippen LogP contribution in [-0.2, 0) is 11.3 Å². The molecule has 1 aromatic heterocycles. The molecule has 0 spiro atoms. The normalized spacial score (nSPS) is 15.7. The molecule has 0 atom stereocenters. The topological polar surface area (TPSA) is 107 Å². The summed E-state index contributed by atoms with van der Waals surface area (Å²) in [7, 11) is 0. The van der Waals surface area contributed by atoms with E-state index in [2.05, 4.69) is 10.3 Å². The first-order valence-electron chi connectivity index (χ1n) is 8.47. The lowest BCUT2D eigenvalue weighted by Crippen LogP contribution is -2.38. The average molecular weight is 344 g/mol. The number of amides is 1. The number of carbonyl (C=O) groups is 1. The van der Waals surface area contributed by atoms with Gasteiger partial charge in [0.1, 0.15) is 6.54 Å². The van der Waals surface area contributed by atoms with Gasteiger partial charge in [-0.3, -0.25) is 24.3 Å². The summed E-state index contributed by atoms with van der Waals surface area (Å²) in [6, 6.07) is 4.09. The Bertz CT molecular complexity index is 853. The van der Waals surface area contributed by atoms with E-state index in [9.17, 15) is 19.7 Å². The summed E-state index contributed by atoms with van der Waals surface area (Å²) in [6.45, 7) is -0.138. The Morgan fingerprint density at radius 2 is 2.00 bits per heavy atom. The summed E-state index contributed by atoms with van der Waals surface area (Å²) < 4.78 is 1.19. The summed E-state index contributed by atoms with van der Waals surface area (Å²) in [5.41, 5.74) is -0.257. The summed E-state index contributed by atoms with van der Waals surface area (Å²) in [5.74, 6) is -0.236. The van der Waals surface area contributed by atoms with Crippen molar-refractivity contribution >= 4 is 22.5 Å². The highest BCUT2D eigenvalue weighted by atomic mass is 16.6. The first-order chi connectivity index (χ1) is 12.0. The van der Waals surface area contributed by atoms with Gasteiger partial charge in [-0.2, -0.15) is 0 Å². The number of nitro benzene ring substituents is 1. The van der Waals surface area contributed by atoms with Crippen LogP contribution in [0.1, 0.15) is 38.5 Å². The molecule has 8 heteroatoms. The third-order valence-electron chi connectivity index (χ3n) is 4.55. The van der Waals surface area contributed by atoms with Gasteiger partial charge < -0.3 is 5.32 Å². The minimum absolute atomic E-state index is 0.138. The fraction of sp³-hybridized carbons (Fsp3) is 0.471. The Hall–Kier alpha value is -2.77. The number of nitro groups is 1. The van der Waals surface area contributed by atoms with E-state index < -0.39 is 10.5 Å². The van der Waals surface area contributed by atoms with Crippen molar-refractivity contribution in [2.24, 2.45) is 0 Å². The van der Waals surface area contributed by atoms with Gasteiger partial charge >= 0.3 is 0 Å². The zero-order valence-corrected chi connectivity index (χ0v) is 13.8. The lowest BCUT2D eigenvalue weighted by Gasteiger charge is -2.16. The molecule has 1 amide bonds. The lowest BCUT2D eigenvalue weighted by molar-refractivity contribution is -0.384. The molecule has 25 heavy (non-hydrogen) atoms. The number of non-ortho nitro benzene ring substituents is 1. The third-order valence-corrected chi connectivity index (χ3v) is 4.55. The van der Waals surface area contributed by atoms with Gasteiger partial charge in [-0.25, -0.2) is 4.98 Å². The van der Waals surface area contributed by atoms with Crippen LogP contribution >= 0.6 is 0 Å². The molecule has 1 aliphatic rings. The molecule has 2 aromatic rings. The standard InChI is InChI=1S/C17H20N4O4/c22-16(19-12-5-3-1-2-4-6-12)10-20-11-18-15-8-7-13(21(24)25)9-14(15)17(20)23/h7-9,11-12H,1-6,10H2,(H,19,22). The average Bonchev–Trinajstić information content (AvgIpc) is 2.85. The molecule has 1 heterocycles. The molecule has 1 fully saturated rings. The molecule has 3 rings (SSSR count). The molecule has 0 radical (unpaired) electrons. The molecule has 1 aromatic carbocycles. The first-order valence-corrected chi connectivity index (χ1v) is 8.47. The number of nitrogens with zero attached hydrogens (tertiary/aromatic N) is 3. The van der Waals surface area contributed by atoms with Crippen molar-refractivity contribution < 1.29 is 9.72 Å². The lowest BCUT2D eigenvalue weighted by atomic mass is 10.1. The van der Waals surface area contributed by atoms with Crippen LogP contribution in [0.25, 0.3) is 10.9 Å². The van der Waals surface area contributed by atoms with Crippen LogP contribution < -0.4 is 10.9 Å². The van der Waals surface area contributed by atoms with Crippen LogP contribution in [0.4, 0.5) is 5.69 Å². The quantitative estimate of drug-likeness (QED) is 0.519. The number of hydrogen-bond donors (Lipinski definition) is 1. The van der Waals surface area contributed by atoms with Gasteiger partial charge in [0.2, 0.25) is 5.91 Å². The first kappa shape index (κ1) is 17.1. The molecule has 1 N–H and O–H groups in total. The highest BCUT2D eigenvalue weighted by Crippen LogP contribution is 2.18. The van der Waals surface area contributed by atoms with Gasteiger partial charge in [-0.05, 0) is 18.9 Å². The number of nitrogens with one attached hydrogen (secondary N) is 1. The zero-order valence-electron chi connectivity index (χ0n) is 13.8. The van der Waals surface area contributed by atoms with E-state index in [-0.39, 0.29) is 29.6 Å². The molecule has 0 aliphatic heterocycles. The number of rotatable bonds is 4. The Morgan fingerprint density at radius 3 is 2.68 bits per heavy atom. The third kappa shape index (κ3) is 4.01. The molecular formula is C17H20N4O4. The molecular weight excluding hydrogens is 324 g/mol. The van der Waals surface area contributed by atoms with E-state index >= 15 is 0 Å². The fourth-order valence-corrected chi connectivity index (χ4v) is 3.22. The highest BCUT2D eigenvalue weighted by Gasteiger charge is 2.16. The number of hydrogen-bond acceptors (Lipinski definition) is 5. The second-order valence-electron chi connectivity index (χ2n) is 6.39. The summed E-state index contributed by atoms with van der Waals surface area (Å²) in [4.78, 5) is 39.2. The van der Waals surface area contributed by atoms with Crippen molar-refractivity contribution in [2.45, 2.75) is 51.1 Å². The van der Waals surface area contributed by atoms with Crippen LogP contribution in [0.5, 0.6) is 0 Å². The number of aromatic nitrogens is 2. The molecule has 1 saturated carbocycles. The maximum absolute atomic E-state index is 12.5. The minimum atomic E-state index is -0.561. The second-order valence-corrected chi connectivity index (χ2v) is 6.39. The maximum atomic E-state index is 12.5. The molecule has 0 saturated heterocycles. The van der Waals surface area contributed by atoms with Gasteiger partial charge in [-0.1, -0.05) is 25.7 Å². The highest BCUT2D eigenvalue weighted by molar-refractivity contribution is 5.81. The predicted octanol–water partition coefficient (Wildman–Crippen LogP) is 2.14. The van der Waals surface area contributed by atoms with Crippen molar-refractivity contribution in [3.63, 3.8) is 0 Å². The van der Waals surface area contributed by atoms with Crippen molar-refractivity contribution in [3.05, 3.63) is 45.0 Å². The molecule has 132 valence electrons. The van der Waals surface area contributed by atoms with Crippen LogP contribution in [0.15, 0.2) is 29.3 Å². The van der Waals surface area contributed by atoms with E-state index in [1.165, 1.54) is 41.9 Å². The van der Waals surface area contributed by atoms with Gasteiger partial charge in [0, 0.05) is 18.2 Å². The summed E-state index contributed by atoms with van der Waals surface area (Å²) in [6.07, 6.45) is 7.82. The van der Waals surface area contributed by atoms with E-state index in [4.69, 9.17) is 0 Å². The number of carbonyl (C=O) groups excluding carboxylic acids is 1. The minimum Gasteiger partial charge on any atom is -0.352 e. The molecule has 0 bridgehead atoms. The Kier molecular flexibility index (Phi) is 5.06. The van der Waals surface area contributed by atoms with Crippen molar-refractivity contribution in [1.29, 1.82) is 0 Å². The number of fused-ring (bicyclic) bond motifs is 1. The van der Waals surface area contributed by atoms with E-state index in [0.29, 0.717) is 5.52 Å². The van der Waals surface area contributed by atoms with Crippen LogP contribution in [0.2, 0.25) is 0 Å². The largest absolute Gasteiger partial charge is 0.352 e. The molecule has 0 unspecified atom stereocenters. The van der Waals surface area contributed by atoms with Gasteiger partial charge in [0.05, 0.1) is 22.2 Å². The van der Waals surface area contributed by atoms with Gasteiger partial charge in [0.25, 0.3) is 11.2 Å². The monoisotopic (exact) mass is 344 g/mol. The van der Waals surface area contributed by atoms with Gasteiger partial charge in [0.15, 0.2) is 0 Å². The Balaban J connectivity index is 1.78. The van der Waals surface area contributed by atoms with E-state index in [1.54, 1.807) is 0 Å². The molecule has 1 aliphatic carbocycles. The SMILES string of the molecule is O=C(Cn1cnc2ccc([N+](=O)[O-])cc2c1=O)NC1CCCCCC1. The van der Waals surface area contributed by atoms with Gasteiger partial charge in [-0.15, -0.1) is 0 Å². The van der Waals surface area contributed by atoms with Crippen LogP contribution in [-0.4, -0.2) is 26.4 Å². The van der Waals surface area contributed by atoms with E-state index in [0.717, 1.165) is 25.7 Å². The van der Waals surface area contributed by atoms with Crippen molar-refractivity contribution in [2.75, 3.05) is 0 Å². The Morgan fingerprint density at radius 1 is 1.28 bits per heavy atom.